The van der Waals surface area contributed by atoms with Gasteiger partial charge in [-0.05, 0) is 44.1 Å². The zero-order chi connectivity index (χ0) is 20.1. The van der Waals surface area contributed by atoms with E-state index in [9.17, 15) is 18.0 Å². The highest BCUT2D eigenvalue weighted by atomic mass is 32.3. The molecule has 0 aromatic heterocycles. The van der Waals surface area contributed by atoms with Crippen LogP contribution in [0.5, 0.6) is 0 Å². The van der Waals surface area contributed by atoms with Crippen LogP contribution < -0.4 is 5.32 Å². The van der Waals surface area contributed by atoms with Gasteiger partial charge in [0.15, 0.2) is 0 Å². The zero-order valence-electron chi connectivity index (χ0n) is 16.0. The Morgan fingerprint density at radius 1 is 1.32 bits per heavy atom. The molecule has 2 atom stereocenters. The first kappa shape index (κ1) is 19.9. The summed E-state index contributed by atoms with van der Waals surface area (Å²) in [6.07, 6.45) is 5.26. The van der Waals surface area contributed by atoms with Gasteiger partial charge in [-0.3, -0.25) is 9.35 Å². The molecule has 158 valence electrons. The number of nitrogens with zero attached hydrogens (tertiary/aromatic N) is 3. The molecule has 2 N–H and O–H groups in total. The minimum Gasteiger partial charge on any atom is -0.352 e. The fourth-order valence-corrected chi connectivity index (χ4v) is 5.58. The highest BCUT2D eigenvalue weighted by Crippen LogP contribution is 2.48. The molecule has 3 amide bonds. The summed E-state index contributed by atoms with van der Waals surface area (Å²) in [5.74, 6) is -0.192. The molecule has 0 unspecified atom stereocenters. The lowest BCUT2D eigenvalue weighted by Crippen LogP contribution is -2.67. The number of carbonyl (C=O) groups is 2. The van der Waals surface area contributed by atoms with Crippen molar-refractivity contribution in [2.24, 2.45) is 5.41 Å². The van der Waals surface area contributed by atoms with Crippen molar-refractivity contribution in [3.8, 4) is 0 Å². The van der Waals surface area contributed by atoms with Crippen LogP contribution >= 0.6 is 0 Å². The van der Waals surface area contributed by atoms with Crippen LogP contribution in [0.3, 0.4) is 0 Å². The molecule has 3 saturated heterocycles. The van der Waals surface area contributed by atoms with E-state index in [2.05, 4.69) is 21.4 Å². The van der Waals surface area contributed by atoms with E-state index >= 15 is 0 Å². The Morgan fingerprint density at radius 3 is 2.68 bits per heavy atom. The molecular weight excluding hydrogens is 388 g/mol. The molecule has 2 bridgehead atoms. The number of rotatable bonds is 7. The predicted octanol–water partition coefficient (Wildman–Crippen LogP) is 0.370. The summed E-state index contributed by atoms with van der Waals surface area (Å²) in [6, 6.07) is -1.66. The Labute approximate surface area is 165 Å². The summed E-state index contributed by atoms with van der Waals surface area (Å²) >= 11 is 0. The number of hydrogen-bond acceptors (Lipinski definition) is 6. The summed E-state index contributed by atoms with van der Waals surface area (Å²) in [4.78, 5) is 28.9. The van der Waals surface area contributed by atoms with Crippen molar-refractivity contribution in [2.45, 2.75) is 63.6 Å². The Hall–Kier alpha value is -1.43. The van der Waals surface area contributed by atoms with Crippen molar-refractivity contribution in [1.82, 2.24) is 20.2 Å². The van der Waals surface area contributed by atoms with Crippen LogP contribution in [-0.2, 0) is 19.5 Å². The largest absolute Gasteiger partial charge is 0.418 e. The average Bonchev–Trinajstić information content (AvgIpc) is 2.78. The van der Waals surface area contributed by atoms with Gasteiger partial charge in [0.1, 0.15) is 6.04 Å². The summed E-state index contributed by atoms with van der Waals surface area (Å²) in [5, 5.41) is 3.72. The number of carbonyl (C=O) groups excluding carboxylic acids is 2. The third kappa shape index (κ3) is 3.72. The van der Waals surface area contributed by atoms with E-state index in [1.165, 1.54) is 17.7 Å². The summed E-state index contributed by atoms with van der Waals surface area (Å²) in [6.45, 7) is 5.77. The number of hydrogen-bond donors (Lipinski definition) is 2. The predicted molar refractivity (Wildman–Crippen MR) is 98.3 cm³/mol. The lowest BCUT2D eigenvalue weighted by molar-refractivity contribution is -0.131. The first-order valence-electron chi connectivity index (χ1n) is 9.99. The van der Waals surface area contributed by atoms with Crippen molar-refractivity contribution in [3.63, 3.8) is 0 Å². The van der Waals surface area contributed by atoms with Gasteiger partial charge in [0.25, 0.3) is 0 Å². The SMILES string of the molecule is CCCCN1CC2(CC(NC(=O)[C@@H]3CC[C@@H]4CN3C(=O)N4OS(=O)(=O)O)C2)C1. The second-order valence-corrected chi connectivity index (χ2v) is 9.69. The fraction of sp³-hybridized carbons (Fsp3) is 0.882. The second-order valence-electron chi connectivity index (χ2n) is 8.69. The minimum atomic E-state index is -4.78. The smallest absolute Gasteiger partial charge is 0.352 e. The number of amides is 3. The number of fused-ring (bicyclic) bond motifs is 2. The fourth-order valence-electron chi connectivity index (χ4n) is 5.19. The van der Waals surface area contributed by atoms with Crippen molar-refractivity contribution in [3.05, 3.63) is 0 Å². The van der Waals surface area contributed by atoms with Gasteiger partial charge in [0.05, 0.1) is 6.04 Å². The van der Waals surface area contributed by atoms with Gasteiger partial charge < -0.3 is 15.1 Å². The van der Waals surface area contributed by atoms with Gasteiger partial charge in [-0.1, -0.05) is 13.3 Å². The van der Waals surface area contributed by atoms with Crippen LogP contribution in [0.1, 0.15) is 45.4 Å². The minimum absolute atomic E-state index is 0.140. The summed E-state index contributed by atoms with van der Waals surface area (Å²) < 4.78 is 35.1. The molecule has 1 aliphatic carbocycles. The number of urea groups is 1. The van der Waals surface area contributed by atoms with Gasteiger partial charge in [-0.15, -0.1) is 4.28 Å². The molecule has 28 heavy (non-hydrogen) atoms. The lowest BCUT2D eigenvalue weighted by Gasteiger charge is -2.59. The van der Waals surface area contributed by atoms with Gasteiger partial charge in [-0.25, -0.2) is 4.79 Å². The Morgan fingerprint density at radius 2 is 2.04 bits per heavy atom. The molecule has 0 radical (unpaired) electrons. The Kier molecular flexibility index (Phi) is 5.05. The number of likely N-dealkylation sites (tertiary alicyclic amines) is 1. The molecule has 1 spiro atoms. The van der Waals surface area contributed by atoms with Crippen molar-refractivity contribution < 1.29 is 26.8 Å². The monoisotopic (exact) mass is 416 g/mol. The average molecular weight is 417 g/mol. The standard InChI is InChI=1S/C17H28N4O6S/c1-2-3-6-19-10-17(11-19)7-12(8-17)18-15(22)14-5-4-13-9-20(14)16(23)21(13)27-28(24,25)26/h12-14H,2-11H2,1H3,(H,18,22)(H,24,25,26)/t13-,14+/m1/s1. The summed E-state index contributed by atoms with van der Waals surface area (Å²) in [7, 11) is -4.78. The van der Waals surface area contributed by atoms with E-state index in [-0.39, 0.29) is 18.5 Å². The van der Waals surface area contributed by atoms with Crippen molar-refractivity contribution in [2.75, 3.05) is 26.2 Å². The maximum atomic E-state index is 12.7. The van der Waals surface area contributed by atoms with E-state index in [1.807, 2.05) is 0 Å². The van der Waals surface area contributed by atoms with Crippen LogP contribution in [-0.4, -0.2) is 84.1 Å². The highest BCUT2D eigenvalue weighted by molar-refractivity contribution is 7.80. The number of unbranched alkanes of at least 4 members (excludes halogenated alkanes) is 1. The van der Waals surface area contributed by atoms with Crippen LogP contribution in [0, 0.1) is 5.41 Å². The Bertz CT molecular complexity index is 745. The second kappa shape index (κ2) is 7.12. The van der Waals surface area contributed by atoms with Crippen LogP contribution in [0.4, 0.5) is 4.79 Å². The molecule has 3 aliphatic heterocycles. The molecule has 4 rings (SSSR count). The maximum absolute atomic E-state index is 12.7. The molecule has 4 aliphatic rings. The topological polar surface area (TPSA) is 119 Å². The normalized spacial score (nSPS) is 29.7. The first-order chi connectivity index (χ1) is 13.2. The molecule has 11 heteroatoms. The third-order valence-corrected chi connectivity index (χ3v) is 6.80. The van der Waals surface area contributed by atoms with Gasteiger partial charge in [-0.2, -0.15) is 13.5 Å². The molecule has 3 heterocycles. The molecule has 0 aromatic carbocycles. The van der Waals surface area contributed by atoms with E-state index in [0.29, 0.717) is 23.3 Å². The van der Waals surface area contributed by atoms with Gasteiger partial charge >= 0.3 is 16.4 Å². The number of piperidine rings is 1. The molecule has 4 fully saturated rings. The van der Waals surface area contributed by atoms with E-state index in [1.54, 1.807) is 0 Å². The van der Waals surface area contributed by atoms with Crippen molar-refractivity contribution in [1.29, 1.82) is 0 Å². The summed E-state index contributed by atoms with van der Waals surface area (Å²) in [5.41, 5.74) is 0.354. The quantitative estimate of drug-likeness (QED) is 0.576. The van der Waals surface area contributed by atoms with Crippen LogP contribution in [0.15, 0.2) is 0 Å². The zero-order valence-corrected chi connectivity index (χ0v) is 16.9. The van der Waals surface area contributed by atoms with Crippen LogP contribution in [0.25, 0.3) is 0 Å². The van der Waals surface area contributed by atoms with E-state index in [4.69, 9.17) is 4.55 Å². The molecule has 0 aromatic rings. The first-order valence-corrected chi connectivity index (χ1v) is 11.4. The number of nitrogens with one attached hydrogen (secondary N) is 1. The van der Waals surface area contributed by atoms with E-state index < -0.39 is 28.5 Å². The van der Waals surface area contributed by atoms with E-state index in [0.717, 1.165) is 32.5 Å². The highest BCUT2D eigenvalue weighted by Gasteiger charge is 2.54. The van der Waals surface area contributed by atoms with Crippen molar-refractivity contribution >= 4 is 22.3 Å². The Balaban J connectivity index is 1.26. The molecule has 10 nitrogen and oxygen atoms in total. The maximum Gasteiger partial charge on any atom is 0.418 e. The molecule has 1 saturated carbocycles. The van der Waals surface area contributed by atoms with Gasteiger partial charge in [0, 0.05) is 25.7 Å². The van der Waals surface area contributed by atoms with Crippen LogP contribution in [0.2, 0.25) is 0 Å². The third-order valence-electron chi connectivity index (χ3n) is 6.45. The number of hydroxylamine groups is 2. The lowest BCUT2D eigenvalue weighted by atomic mass is 9.60. The van der Waals surface area contributed by atoms with Gasteiger partial charge in [0.2, 0.25) is 5.91 Å². The molecular formula is C17H28N4O6S.